The van der Waals surface area contributed by atoms with Crippen LogP contribution in [0.1, 0.15) is 18.9 Å². The van der Waals surface area contributed by atoms with Crippen LogP contribution < -0.4 is 10.2 Å². The molecule has 2 aromatic carbocycles. The van der Waals surface area contributed by atoms with E-state index in [9.17, 15) is 4.79 Å². The average molecular weight is 351 g/mol. The summed E-state index contributed by atoms with van der Waals surface area (Å²) < 4.78 is 5.35. The molecule has 1 N–H and O–H groups in total. The highest BCUT2D eigenvalue weighted by molar-refractivity contribution is 6.35. The number of hydrazone groups is 1. The molecule has 0 atom stereocenters. The molecule has 0 aromatic heterocycles. The fraction of sp³-hybridized carbons (Fsp3) is 0.176. The molecule has 2 aromatic rings. The Balaban J connectivity index is 1.92. The summed E-state index contributed by atoms with van der Waals surface area (Å²) in [7, 11) is 0. The molecule has 0 unspecified atom stereocenters. The van der Waals surface area contributed by atoms with Gasteiger partial charge in [0.15, 0.2) is 6.61 Å². The number of benzene rings is 2. The number of rotatable bonds is 6. The van der Waals surface area contributed by atoms with Crippen molar-refractivity contribution in [3.63, 3.8) is 0 Å². The van der Waals surface area contributed by atoms with Gasteiger partial charge in [0, 0.05) is 5.02 Å². The third-order valence-electron chi connectivity index (χ3n) is 3.01. The lowest BCUT2D eigenvalue weighted by Crippen LogP contribution is -2.26. The second-order valence-corrected chi connectivity index (χ2v) is 5.52. The second-order valence-electron chi connectivity index (χ2n) is 4.68. The van der Waals surface area contributed by atoms with E-state index in [4.69, 9.17) is 27.9 Å². The van der Waals surface area contributed by atoms with Crippen molar-refractivity contribution in [3.8, 4) is 5.75 Å². The van der Waals surface area contributed by atoms with E-state index in [1.165, 1.54) is 0 Å². The smallest absolute Gasteiger partial charge is 0.277 e. The third kappa shape index (κ3) is 5.27. The van der Waals surface area contributed by atoms with Crippen molar-refractivity contribution in [1.82, 2.24) is 5.43 Å². The Hall–Kier alpha value is -2.04. The third-order valence-corrected chi connectivity index (χ3v) is 3.54. The van der Waals surface area contributed by atoms with Crippen molar-refractivity contribution in [2.24, 2.45) is 5.10 Å². The number of hydrogen-bond acceptors (Lipinski definition) is 3. The average Bonchev–Trinajstić information content (AvgIpc) is 2.55. The number of halogens is 2. The zero-order valence-electron chi connectivity index (χ0n) is 12.6. The van der Waals surface area contributed by atoms with Crippen LogP contribution in [-0.4, -0.2) is 18.2 Å². The second kappa shape index (κ2) is 8.56. The standard InChI is InChI=1S/C17H16Cl2N2O2/c1-2-15(12-6-4-3-5-7-12)20-21-17(22)11-23-16-9-8-13(18)10-14(16)19/h3-10H,2,11H2,1H3,(H,21,22)/b20-15-. The Morgan fingerprint density at radius 1 is 1.17 bits per heavy atom. The predicted octanol–water partition coefficient (Wildman–Crippen LogP) is 4.30. The number of ether oxygens (including phenoxy) is 1. The molecule has 0 fully saturated rings. The van der Waals surface area contributed by atoms with Gasteiger partial charge >= 0.3 is 0 Å². The van der Waals surface area contributed by atoms with Crippen molar-refractivity contribution < 1.29 is 9.53 Å². The van der Waals surface area contributed by atoms with Gasteiger partial charge in [0.25, 0.3) is 5.91 Å². The van der Waals surface area contributed by atoms with Crippen LogP contribution in [0.25, 0.3) is 0 Å². The molecule has 6 heteroatoms. The molecule has 120 valence electrons. The summed E-state index contributed by atoms with van der Waals surface area (Å²) in [5, 5.41) is 5.00. The van der Waals surface area contributed by atoms with Crippen LogP contribution in [-0.2, 0) is 4.79 Å². The number of carbonyl (C=O) groups is 1. The largest absolute Gasteiger partial charge is 0.482 e. The van der Waals surface area contributed by atoms with Crippen molar-refractivity contribution in [2.45, 2.75) is 13.3 Å². The molecule has 0 aliphatic carbocycles. The predicted molar refractivity (Wildman–Crippen MR) is 93.4 cm³/mol. The van der Waals surface area contributed by atoms with Gasteiger partial charge in [-0.15, -0.1) is 0 Å². The van der Waals surface area contributed by atoms with E-state index in [-0.39, 0.29) is 12.5 Å². The Bertz CT molecular complexity index is 703. The van der Waals surface area contributed by atoms with E-state index >= 15 is 0 Å². The summed E-state index contributed by atoms with van der Waals surface area (Å²) in [6.45, 7) is 1.79. The first-order chi connectivity index (χ1) is 11.1. The van der Waals surface area contributed by atoms with Crippen LogP contribution >= 0.6 is 23.2 Å². The molecule has 0 bridgehead atoms. The molecule has 0 saturated carbocycles. The highest BCUT2D eigenvalue weighted by Crippen LogP contribution is 2.27. The minimum absolute atomic E-state index is 0.184. The molecule has 23 heavy (non-hydrogen) atoms. The normalized spacial score (nSPS) is 11.2. The number of hydrogen-bond donors (Lipinski definition) is 1. The van der Waals surface area contributed by atoms with E-state index in [2.05, 4.69) is 10.5 Å². The molecule has 0 aliphatic rings. The van der Waals surface area contributed by atoms with Gasteiger partial charge in [-0.1, -0.05) is 60.5 Å². The Morgan fingerprint density at radius 3 is 2.57 bits per heavy atom. The summed E-state index contributed by atoms with van der Waals surface area (Å²) in [5.41, 5.74) is 4.25. The van der Waals surface area contributed by atoms with Crippen molar-refractivity contribution in [3.05, 3.63) is 64.1 Å². The molecule has 0 spiro atoms. The van der Waals surface area contributed by atoms with Gasteiger partial charge in [0.1, 0.15) is 5.75 Å². The minimum Gasteiger partial charge on any atom is -0.482 e. The van der Waals surface area contributed by atoms with E-state index in [1.807, 2.05) is 37.3 Å². The first kappa shape index (κ1) is 17.3. The number of nitrogens with one attached hydrogen (secondary N) is 1. The summed E-state index contributed by atoms with van der Waals surface area (Å²) in [6, 6.07) is 14.5. The highest BCUT2D eigenvalue weighted by atomic mass is 35.5. The number of nitrogens with zero attached hydrogens (tertiary/aromatic N) is 1. The SMILES string of the molecule is CC/C(=N/NC(=O)COc1ccc(Cl)cc1Cl)c1ccccc1. The molecule has 2 rings (SSSR count). The molecule has 4 nitrogen and oxygen atoms in total. The molecule has 1 amide bonds. The lowest BCUT2D eigenvalue weighted by molar-refractivity contribution is -0.123. The van der Waals surface area contributed by atoms with Crippen LogP contribution in [0.2, 0.25) is 10.0 Å². The fourth-order valence-corrected chi connectivity index (χ4v) is 2.34. The minimum atomic E-state index is -0.363. The van der Waals surface area contributed by atoms with Crippen LogP contribution in [0.3, 0.4) is 0 Å². The van der Waals surface area contributed by atoms with Crippen molar-refractivity contribution >= 4 is 34.8 Å². The summed E-state index contributed by atoms with van der Waals surface area (Å²) >= 11 is 11.8. The molecule has 0 saturated heterocycles. The lowest BCUT2D eigenvalue weighted by atomic mass is 10.1. The Kier molecular flexibility index (Phi) is 6.44. The maximum atomic E-state index is 11.8. The summed E-state index contributed by atoms with van der Waals surface area (Å²) in [6.07, 6.45) is 0.703. The topological polar surface area (TPSA) is 50.7 Å². The number of carbonyl (C=O) groups excluding carboxylic acids is 1. The first-order valence-corrected chi connectivity index (χ1v) is 7.84. The zero-order chi connectivity index (χ0) is 16.7. The number of amides is 1. The summed E-state index contributed by atoms with van der Waals surface area (Å²) in [4.78, 5) is 11.8. The highest BCUT2D eigenvalue weighted by Gasteiger charge is 2.07. The van der Waals surface area contributed by atoms with Gasteiger partial charge < -0.3 is 4.74 Å². The van der Waals surface area contributed by atoms with Crippen molar-refractivity contribution in [1.29, 1.82) is 0 Å². The van der Waals surface area contributed by atoms with E-state index in [0.29, 0.717) is 22.2 Å². The van der Waals surface area contributed by atoms with Gasteiger partial charge in [-0.3, -0.25) is 4.79 Å². The van der Waals surface area contributed by atoms with Crippen LogP contribution in [0.15, 0.2) is 53.6 Å². The molecular weight excluding hydrogens is 335 g/mol. The van der Waals surface area contributed by atoms with Gasteiger partial charge in [-0.25, -0.2) is 5.43 Å². The van der Waals surface area contributed by atoms with E-state index < -0.39 is 0 Å². The molecule has 0 heterocycles. The van der Waals surface area contributed by atoms with E-state index in [1.54, 1.807) is 18.2 Å². The van der Waals surface area contributed by atoms with Gasteiger partial charge in [-0.2, -0.15) is 5.10 Å². The Labute approximate surface area is 145 Å². The van der Waals surface area contributed by atoms with Gasteiger partial charge in [0.2, 0.25) is 0 Å². The Morgan fingerprint density at radius 2 is 1.91 bits per heavy atom. The lowest BCUT2D eigenvalue weighted by Gasteiger charge is -2.08. The van der Waals surface area contributed by atoms with Crippen LogP contribution in [0.4, 0.5) is 0 Å². The van der Waals surface area contributed by atoms with Gasteiger partial charge in [-0.05, 0) is 30.2 Å². The van der Waals surface area contributed by atoms with E-state index in [0.717, 1.165) is 11.3 Å². The monoisotopic (exact) mass is 350 g/mol. The van der Waals surface area contributed by atoms with Crippen LogP contribution in [0, 0.1) is 0 Å². The van der Waals surface area contributed by atoms with Crippen LogP contribution in [0.5, 0.6) is 5.75 Å². The molecular formula is C17H16Cl2N2O2. The quantitative estimate of drug-likeness (QED) is 0.623. The zero-order valence-corrected chi connectivity index (χ0v) is 14.1. The fourth-order valence-electron chi connectivity index (χ4n) is 1.88. The first-order valence-electron chi connectivity index (χ1n) is 7.09. The maximum absolute atomic E-state index is 11.8. The molecule has 0 aliphatic heterocycles. The van der Waals surface area contributed by atoms with Gasteiger partial charge in [0.05, 0.1) is 10.7 Å². The maximum Gasteiger partial charge on any atom is 0.277 e. The van der Waals surface area contributed by atoms with Crippen molar-refractivity contribution in [2.75, 3.05) is 6.61 Å². The molecule has 0 radical (unpaired) electrons. The summed E-state index contributed by atoms with van der Waals surface area (Å²) in [5.74, 6) is 0.0341.